The molecule has 0 bridgehead atoms. The number of rotatable bonds is 17. The molecule has 1 saturated heterocycles. The molecular formula is C26H42O2. The van der Waals surface area contributed by atoms with Gasteiger partial charge in [0.2, 0.25) is 0 Å². The summed E-state index contributed by atoms with van der Waals surface area (Å²) >= 11 is 0. The molecule has 1 aliphatic heterocycles. The first-order chi connectivity index (χ1) is 13.7. The fourth-order valence-electron chi connectivity index (χ4n) is 3.50. The van der Waals surface area contributed by atoms with Crippen molar-refractivity contribution in [3.8, 4) is 5.75 Å². The van der Waals surface area contributed by atoms with Crippen LogP contribution in [0.25, 0.3) is 0 Å². The molecular weight excluding hydrogens is 344 g/mol. The molecule has 0 aliphatic carbocycles. The lowest BCUT2D eigenvalue weighted by molar-refractivity contribution is 0.201. The van der Waals surface area contributed by atoms with Gasteiger partial charge in [-0.2, -0.15) is 0 Å². The highest BCUT2D eigenvalue weighted by Gasteiger charge is 2.40. The summed E-state index contributed by atoms with van der Waals surface area (Å²) in [5.74, 6) is 1.04. The van der Waals surface area contributed by atoms with E-state index in [4.69, 9.17) is 9.47 Å². The largest absolute Gasteiger partial charge is 0.490 e. The molecule has 0 radical (unpaired) electrons. The number of ether oxygens (including phenoxy) is 2. The van der Waals surface area contributed by atoms with Crippen molar-refractivity contribution in [3.63, 3.8) is 0 Å². The van der Waals surface area contributed by atoms with Gasteiger partial charge in [0.05, 0.1) is 6.61 Å². The second kappa shape index (κ2) is 13.8. The van der Waals surface area contributed by atoms with E-state index in [1.54, 1.807) is 0 Å². The van der Waals surface area contributed by atoms with Gasteiger partial charge in [-0.15, -0.1) is 0 Å². The van der Waals surface area contributed by atoms with Crippen LogP contribution in [0.5, 0.6) is 5.75 Å². The molecule has 2 heteroatoms. The van der Waals surface area contributed by atoms with Crippen molar-refractivity contribution in [2.75, 3.05) is 13.2 Å². The van der Waals surface area contributed by atoms with Crippen LogP contribution < -0.4 is 4.74 Å². The summed E-state index contributed by atoms with van der Waals surface area (Å²) in [7, 11) is 0. The topological polar surface area (TPSA) is 21.8 Å². The molecule has 1 atom stereocenters. The van der Waals surface area contributed by atoms with Gasteiger partial charge in [-0.25, -0.2) is 0 Å². The Kier molecular flexibility index (Phi) is 11.4. The maximum Gasteiger partial charge on any atom is 0.123 e. The Morgan fingerprint density at radius 1 is 0.893 bits per heavy atom. The van der Waals surface area contributed by atoms with Crippen LogP contribution in [0, 0.1) is 0 Å². The Labute approximate surface area is 173 Å². The number of hydrogen-bond acceptors (Lipinski definition) is 2. The maximum atomic E-state index is 6.00. The van der Waals surface area contributed by atoms with E-state index < -0.39 is 0 Å². The second-order valence-corrected chi connectivity index (χ2v) is 8.62. The molecule has 1 heterocycles. The predicted molar refractivity (Wildman–Crippen MR) is 120 cm³/mol. The van der Waals surface area contributed by atoms with Crippen molar-refractivity contribution in [3.05, 3.63) is 42.0 Å². The van der Waals surface area contributed by atoms with Crippen LogP contribution in [0.15, 0.2) is 36.4 Å². The van der Waals surface area contributed by atoms with Crippen LogP contribution >= 0.6 is 0 Å². The van der Waals surface area contributed by atoms with E-state index in [9.17, 15) is 0 Å². The van der Waals surface area contributed by atoms with E-state index in [0.29, 0.717) is 6.61 Å². The summed E-state index contributed by atoms with van der Waals surface area (Å²) in [6.07, 6.45) is 22.0. The summed E-state index contributed by atoms with van der Waals surface area (Å²) in [4.78, 5) is 0. The van der Waals surface area contributed by atoms with E-state index in [-0.39, 0.29) is 5.60 Å². The van der Waals surface area contributed by atoms with E-state index >= 15 is 0 Å². The molecule has 0 N–H and O–H groups in total. The molecule has 1 fully saturated rings. The van der Waals surface area contributed by atoms with Gasteiger partial charge in [0.25, 0.3) is 0 Å². The van der Waals surface area contributed by atoms with Gasteiger partial charge in [0, 0.05) is 0 Å². The zero-order valence-corrected chi connectivity index (χ0v) is 18.4. The van der Waals surface area contributed by atoms with Gasteiger partial charge in [-0.05, 0) is 57.1 Å². The third-order valence-electron chi connectivity index (χ3n) is 5.60. The lowest BCUT2D eigenvalue weighted by atomic mass is 10.0. The van der Waals surface area contributed by atoms with Gasteiger partial charge in [0.1, 0.15) is 18.0 Å². The van der Waals surface area contributed by atoms with Crippen LogP contribution in [0.1, 0.15) is 96.5 Å². The summed E-state index contributed by atoms with van der Waals surface area (Å²) in [5.41, 5.74) is 1.30. The normalized spacial score (nSPS) is 18.6. The molecule has 0 amide bonds. The van der Waals surface area contributed by atoms with Crippen LogP contribution in [-0.4, -0.2) is 18.8 Å². The van der Waals surface area contributed by atoms with E-state index in [2.05, 4.69) is 50.3 Å². The number of epoxide rings is 1. The zero-order valence-electron chi connectivity index (χ0n) is 18.4. The van der Waals surface area contributed by atoms with E-state index in [1.165, 1.54) is 82.6 Å². The number of allylic oxidation sites excluding steroid dienone is 2. The van der Waals surface area contributed by atoms with Crippen LogP contribution in [0.2, 0.25) is 0 Å². The Morgan fingerprint density at radius 2 is 1.50 bits per heavy atom. The molecule has 0 aromatic heterocycles. The lowest BCUT2D eigenvalue weighted by Gasteiger charge is -2.13. The zero-order chi connectivity index (χ0) is 19.9. The number of benzene rings is 1. The van der Waals surface area contributed by atoms with Gasteiger partial charge >= 0.3 is 0 Å². The fraction of sp³-hybridized carbons (Fsp3) is 0.692. The SMILES string of the molecule is CCCCCCC/C=C/CCCCCCCc1ccccc1OCC1(C)CO1. The standard InChI is InChI=1S/C26H42O2/c1-3-4-5-6-7-8-9-10-11-12-13-14-15-16-19-24-20-17-18-21-25(24)27-22-26(2)23-28-26/h9-10,17-18,20-21H,3-8,11-16,19,22-23H2,1-2H3/b10-9+. The van der Waals surface area contributed by atoms with Gasteiger partial charge in [-0.3, -0.25) is 0 Å². The Morgan fingerprint density at radius 3 is 2.18 bits per heavy atom. The van der Waals surface area contributed by atoms with Gasteiger partial charge in [-0.1, -0.05) is 82.2 Å². The molecule has 1 aliphatic rings. The second-order valence-electron chi connectivity index (χ2n) is 8.62. The minimum Gasteiger partial charge on any atom is -0.490 e. The smallest absolute Gasteiger partial charge is 0.123 e. The first kappa shape index (κ1) is 23.0. The number of unbranched alkanes of at least 4 members (excludes halogenated alkanes) is 10. The summed E-state index contributed by atoms with van der Waals surface area (Å²) in [6.45, 7) is 5.87. The van der Waals surface area contributed by atoms with Crippen molar-refractivity contribution >= 4 is 0 Å². The van der Waals surface area contributed by atoms with Crippen molar-refractivity contribution < 1.29 is 9.47 Å². The van der Waals surface area contributed by atoms with Crippen molar-refractivity contribution in [2.45, 2.75) is 103 Å². The molecule has 28 heavy (non-hydrogen) atoms. The molecule has 1 aromatic carbocycles. The summed E-state index contributed by atoms with van der Waals surface area (Å²) in [6, 6.07) is 8.48. The lowest BCUT2D eigenvalue weighted by Crippen LogP contribution is -2.17. The summed E-state index contributed by atoms with van der Waals surface area (Å²) in [5, 5.41) is 0. The highest BCUT2D eigenvalue weighted by molar-refractivity contribution is 5.33. The average Bonchev–Trinajstić information content (AvgIpc) is 3.45. The molecule has 158 valence electrons. The average molecular weight is 387 g/mol. The number of aryl methyl sites for hydroxylation is 1. The first-order valence-electron chi connectivity index (χ1n) is 11.7. The minimum absolute atomic E-state index is 0.0450. The highest BCUT2D eigenvalue weighted by atomic mass is 16.6. The molecule has 2 nitrogen and oxygen atoms in total. The molecule has 2 rings (SSSR count). The number of para-hydroxylation sites is 1. The van der Waals surface area contributed by atoms with Gasteiger partial charge in [0.15, 0.2) is 0 Å². The maximum absolute atomic E-state index is 6.00. The van der Waals surface area contributed by atoms with Crippen molar-refractivity contribution in [2.24, 2.45) is 0 Å². The quantitative estimate of drug-likeness (QED) is 0.156. The third-order valence-corrected chi connectivity index (χ3v) is 5.60. The molecule has 0 saturated carbocycles. The summed E-state index contributed by atoms with van der Waals surface area (Å²) < 4.78 is 11.4. The minimum atomic E-state index is -0.0450. The van der Waals surface area contributed by atoms with Crippen LogP contribution in [0.3, 0.4) is 0 Å². The third kappa shape index (κ3) is 10.3. The molecule has 1 unspecified atom stereocenters. The predicted octanol–water partition coefficient (Wildman–Crippen LogP) is 7.65. The monoisotopic (exact) mass is 386 g/mol. The van der Waals surface area contributed by atoms with Gasteiger partial charge < -0.3 is 9.47 Å². The van der Waals surface area contributed by atoms with Crippen LogP contribution in [0.4, 0.5) is 0 Å². The van der Waals surface area contributed by atoms with E-state index in [0.717, 1.165) is 18.8 Å². The van der Waals surface area contributed by atoms with E-state index in [1.807, 2.05) is 0 Å². The molecule has 1 aromatic rings. The highest BCUT2D eigenvalue weighted by Crippen LogP contribution is 2.28. The number of hydrogen-bond donors (Lipinski definition) is 0. The van der Waals surface area contributed by atoms with Crippen molar-refractivity contribution in [1.82, 2.24) is 0 Å². The fourth-order valence-corrected chi connectivity index (χ4v) is 3.50. The Hall–Kier alpha value is -1.28. The van der Waals surface area contributed by atoms with Crippen LogP contribution in [-0.2, 0) is 11.2 Å². The Bertz CT molecular complexity index is 545. The van der Waals surface area contributed by atoms with Crippen molar-refractivity contribution in [1.29, 1.82) is 0 Å². The Balaban J connectivity index is 1.45. The first-order valence-corrected chi connectivity index (χ1v) is 11.7. The molecule has 0 spiro atoms.